The van der Waals surface area contributed by atoms with Gasteiger partial charge in [0.25, 0.3) is 0 Å². The highest BCUT2D eigenvalue weighted by Gasteiger charge is 2.09. The molecule has 0 aliphatic carbocycles. The average molecular weight is 236 g/mol. The Balaban J connectivity index is 2.45. The highest BCUT2D eigenvalue weighted by Crippen LogP contribution is 2.28. The van der Waals surface area contributed by atoms with Crippen LogP contribution in [0.15, 0.2) is 6.07 Å². The van der Waals surface area contributed by atoms with Crippen LogP contribution in [0, 0.1) is 6.92 Å². The molecule has 16 heavy (non-hydrogen) atoms. The zero-order valence-corrected chi connectivity index (χ0v) is 10.4. The molecular formula is C11H16N4S. The van der Waals surface area contributed by atoms with Crippen molar-refractivity contribution in [3.63, 3.8) is 0 Å². The van der Waals surface area contributed by atoms with Gasteiger partial charge >= 0.3 is 0 Å². The molecule has 2 heterocycles. The van der Waals surface area contributed by atoms with Crippen molar-refractivity contribution in [2.45, 2.75) is 33.1 Å². The van der Waals surface area contributed by atoms with E-state index in [-0.39, 0.29) is 0 Å². The Morgan fingerprint density at radius 2 is 2.25 bits per heavy atom. The van der Waals surface area contributed by atoms with E-state index >= 15 is 0 Å². The van der Waals surface area contributed by atoms with Crippen LogP contribution < -0.4 is 11.3 Å². The van der Waals surface area contributed by atoms with Gasteiger partial charge in [0.2, 0.25) is 0 Å². The quantitative estimate of drug-likeness (QED) is 0.632. The molecule has 0 atom stereocenters. The molecule has 0 saturated carbocycles. The van der Waals surface area contributed by atoms with Crippen LogP contribution in [0.2, 0.25) is 0 Å². The third-order valence-electron chi connectivity index (χ3n) is 2.45. The van der Waals surface area contributed by atoms with Crippen LogP contribution in [0.5, 0.6) is 0 Å². The molecule has 0 radical (unpaired) electrons. The fourth-order valence-corrected chi connectivity index (χ4v) is 2.54. The number of nitrogens with one attached hydrogen (secondary N) is 1. The Labute approximate surface area is 98.9 Å². The number of hydrazine groups is 1. The second-order valence-electron chi connectivity index (χ2n) is 3.81. The zero-order chi connectivity index (χ0) is 11.5. The number of hydrogen-bond acceptors (Lipinski definition) is 5. The second-order valence-corrected chi connectivity index (χ2v) is 5.05. The minimum Gasteiger partial charge on any atom is -0.308 e. The monoisotopic (exact) mass is 236 g/mol. The molecule has 0 aliphatic rings. The normalized spacial score (nSPS) is 10.9. The molecule has 0 bridgehead atoms. The summed E-state index contributed by atoms with van der Waals surface area (Å²) in [6, 6.07) is 2.07. The molecule has 3 N–H and O–H groups in total. The first-order valence-corrected chi connectivity index (χ1v) is 6.30. The maximum atomic E-state index is 5.49. The van der Waals surface area contributed by atoms with Crippen LogP contribution in [0.1, 0.15) is 30.5 Å². The molecule has 86 valence electrons. The van der Waals surface area contributed by atoms with E-state index in [1.54, 1.807) is 11.3 Å². The lowest BCUT2D eigenvalue weighted by Crippen LogP contribution is -2.10. The van der Waals surface area contributed by atoms with Crippen LogP contribution in [-0.2, 0) is 6.42 Å². The van der Waals surface area contributed by atoms with Crippen molar-refractivity contribution in [1.82, 2.24) is 9.97 Å². The maximum absolute atomic E-state index is 5.49. The molecule has 0 aromatic carbocycles. The van der Waals surface area contributed by atoms with Gasteiger partial charge in [-0.3, -0.25) is 0 Å². The molecule has 2 rings (SSSR count). The lowest BCUT2D eigenvalue weighted by atomic mass is 10.2. The minimum atomic E-state index is 0.737. The van der Waals surface area contributed by atoms with Crippen molar-refractivity contribution in [3.05, 3.63) is 16.8 Å². The Morgan fingerprint density at radius 3 is 2.94 bits per heavy atom. The topological polar surface area (TPSA) is 63.8 Å². The number of unbranched alkanes of at least 4 members (excludes halogenated alkanes) is 1. The van der Waals surface area contributed by atoms with Crippen molar-refractivity contribution in [2.75, 3.05) is 5.43 Å². The van der Waals surface area contributed by atoms with Gasteiger partial charge in [0.05, 0.1) is 5.39 Å². The number of thiophene rings is 1. The number of nitrogens with two attached hydrogens (primary N) is 1. The Bertz CT molecular complexity index is 492. The first-order valence-electron chi connectivity index (χ1n) is 5.48. The molecule has 0 aliphatic heterocycles. The summed E-state index contributed by atoms with van der Waals surface area (Å²) >= 11 is 1.68. The molecule has 4 nitrogen and oxygen atoms in total. The number of aromatic nitrogens is 2. The van der Waals surface area contributed by atoms with E-state index in [0.29, 0.717) is 0 Å². The van der Waals surface area contributed by atoms with Crippen LogP contribution in [0.3, 0.4) is 0 Å². The molecule has 2 aromatic heterocycles. The molecule has 5 heteroatoms. The summed E-state index contributed by atoms with van der Waals surface area (Å²) in [5.74, 6) is 7.10. The summed E-state index contributed by atoms with van der Waals surface area (Å²) in [5, 5.41) is 1.02. The Kier molecular flexibility index (Phi) is 3.36. The molecule has 0 unspecified atom stereocenters. The van der Waals surface area contributed by atoms with Gasteiger partial charge in [0.15, 0.2) is 5.82 Å². The predicted molar refractivity (Wildman–Crippen MR) is 68.6 cm³/mol. The number of aryl methyl sites for hydroxylation is 2. The van der Waals surface area contributed by atoms with Gasteiger partial charge in [-0.05, 0) is 19.4 Å². The van der Waals surface area contributed by atoms with Gasteiger partial charge < -0.3 is 5.43 Å². The maximum Gasteiger partial charge on any atom is 0.152 e. The van der Waals surface area contributed by atoms with Gasteiger partial charge in [0.1, 0.15) is 10.7 Å². The number of nitrogens with zero attached hydrogens (tertiary/aromatic N) is 2. The van der Waals surface area contributed by atoms with Gasteiger partial charge in [-0.1, -0.05) is 13.3 Å². The number of hydrogen-bond donors (Lipinski definition) is 2. The zero-order valence-electron chi connectivity index (χ0n) is 9.58. The van der Waals surface area contributed by atoms with Crippen molar-refractivity contribution in [2.24, 2.45) is 5.84 Å². The standard InChI is InChI=1S/C11H16N4S/c1-3-4-5-9-13-10(15-12)8-6-7(2)16-11(8)14-9/h6H,3-5,12H2,1-2H3,(H,13,14,15). The van der Waals surface area contributed by atoms with E-state index in [0.717, 1.165) is 41.1 Å². The van der Waals surface area contributed by atoms with Crippen molar-refractivity contribution in [1.29, 1.82) is 0 Å². The summed E-state index contributed by atoms with van der Waals surface area (Å²) in [7, 11) is 0. The number of anilines is 1. The Hall–Kier alpha value is -1.20. The third-order valence-corrected chi connectivity index (χ3v) is 3.40. The highest BCUT2D eigenvalue weighted by molar-refractivity contribution is 7.18. The summed E-state index contributed by atoms with van der Waals surface area (Å²) in [4.78, 5) is 11.2. The third kappa shape index (κ3) is 2.15. The number of nitrogen functional groups attached to an aromatic ring is 1. The van der Waals surface area contributed by atoms with Gasteiger partial charge in [-0.25, -0.2) is 15.8 Å². The lowest BCUT2D eigenvalue weighted by Gasteiger charge is -2.04. The fourth-order valence-electron chi connectivity index (χ4n) is 1.64. The first kappa shape index (κ1) is 11.3. The summed E-state index contributed by atoms with van der Waals surface area (Å²) in [6.45, 7) is 4.23. The fraction of sp³-hybridized carbons (Fsp3) is 0.455. The average Bonchev–Trinajstić information content (AvgIpc) is 2.65. The van der Waals surface area contributed by atoms with E-state index in [9.17, 15) is 0 Å². The summed E-state index contributed by atoms with van der Waals surface area (Å²) in [5.41, 5.74) is 2.66. The van der Waals surface area contributed by atoms with Crippen LogP contribution in [0.4, 0.5) is 5.82 Å². The smallest absolute Gasteiger partial charge is 0.152 e. The van der Waals surface area contributed by atoms with Gasteiger partial charge in [-0.15, -0.1) is 11.3 Å². The molecule has 0 fully saturated rings. The molecule has 0 amide bonds. The predicted octanol–water partition coefficient (Wildman–Crippen LogP) is 2.63. The van der Waals surface area contributed by atoms with Crippen LogP contribution in [0.25, 0.3) is 10.2 Å². The van der Waals surface area contributed by atoms with Crippen LogP contribution >= 0.6 is 11.3 Å². The SMILES string of the molecule is CCCCc1nc(NN)c2cc(C)sc2n1. The van der Waals surface area contributed by atoms with E-state index in [1.807, 2.05) is 0 Å². The van der Waals surface area contributed by atoms with E-state index in [4.69, 9.17) is 5.84 Å². The van der Waals surface area contributed by atoms with Crippen molar-refractivity contribution in [3.8, 4) is 0 Å². The minimum absolute atomic E-state index is 0.737. The van der Waals surface area contributed by atoms with Crippen LogP contribution in [-0.4, -0.2) is 9.97 Å². The largest absolute Gasteiger partial charge is 0.308 e. The van der Waals surface area contributed by atoms with E-state index < -0.39 is 0 Å². The molecule has 0 saturated heterocycles. The summed E-state index contributed by atoms with van der Waals surface area (Å²) < 4.78 is 0. The summed E-state index contributed by atoms with van der Waals surface area (Å²) in [6.07, 6.45) is 3.17. The molecule has 0 spiro atoms. The number of rotatable bonds is 4. The Morgan fingerprint density at radius 1 is 1.44 bits per heavy atom. The lowest BCUT2D eigenvalue weighted by molar-refractivity contribution is 0.758. The van der Waals surface area contributed by atoms with Crippen molar-refractivity contribution >= 4 is 27.4 Å². The molecule has 2 aromatic rings. The highest BCUT2D eigenvalue weighted by atomic mass is 32.1. The van der Waals surface area contributed by atoms with E-state index in [2.05, 4.69) is 35.3 Å². The van der Waals surface area contributed by atoms with Crippen molar-refractivity contribution < 1.29 is 0 Å². The van der Waals surface area contributed by atoms with E-state index in [1.165, 1.54) is 4.88 Å². The first-order chi connectivity index (χ1) is 7.74. The number of fused-ring (bicyclic) bond motifs is 1. The second kappa shape index (κ2) is 4.76. The van der Waals surface area contributed by atoms with Gasteiger partial charge in [-0.2, -0.15) is 0 Å². The molecular weight excluding hydrogens is 220 g/mol. The van der Waals surface area contributed by atoms with Gasteiger partial charge in [0, 0.05) is 11.3 Å².